The lowest BCUT2D eigenvalue weighted by atomic mass is 9.85. The van der Waals surface area contributed by atoms with Gasteiger partial charge in [0.1, 0.15) is 23.7 Å². The van der Waals surface area contributed by atoms with E-state index in [0.29, 0.717) is 36.7 Å². The summed E-state index contributed by atoms with van der Waals surface area (Å²) < 4.78 is 21.7. The molecular formula is C36H46FN5O3. The van der Waals surface area contributed by atoms with Gasteiger partial charge >= 0.3 is 5.97 Å². The number of halogens is 1. The third-order valence-electron chi connectivity index (χ3n) is 9.59. The number of hydrogen-bond acceptors (Lipinski definition) is 6. The molecule has 45 heavy (non-hydrogen) atoms. The average Bonchev–Trinajstić information content (AvgIpc) is 3.60. The predicted octanol–water partition coefficient (Wildman–Crippen LogP) is 5.91. The van der Waals surface area contributed by atoms with Crippen LogP contribution in [0.2, 0.25) is 0 Å². The molecule has 3 atom stereocenters. The molecule has 9 heteroatoms. The van der Waals surface area contributed by atoms with Crippen LogP contribution in [0.1, 0.15) is 80.5 Å². The normalized spacial score (nSPS) is 20.6. The molecule has 2 fully saturated rings. The summed E-state index contributed by atoms with van der Waals surface area (Å²) in [4.78, 5) is 17.0. The highest BCUT2D eigenvalue weighted by Gasteiger charge is 2.44. The Bertz CT molecular complexity index is 1530. The Morgan fingerprint density at radius 2 is 1.91 bits per heavy atom. The van der Waals surface area contributed by atoms with Crippen LogP contribution in [0.3, 0.4) is 0 Å². The van der Waals surface area contributed by atoms with Crippen molar-refractivity contribution in [3.8, 4) is 11.8 Å². The van der Waals surface area contributed by atoms with Gasteiger partial charge in [0, 0.05) is 50.1 Å². The molecule has 1 N–H and O–H groups in total. The number of ether oxygens (including phenoxy) is 1. The fourth-order valence-electron chi connectivity index (χ4n) is 7.55. The smallest absolute Gasteiger partial charge is 0.321 e. The molecule has 0 unspecified atom stereocenters. The van der Waals surface area contributed by atoms with Crippen LogP contribution in [0.25, 0.3) is 0 Å². The first-order valence-electron chi connectivity index (χ1n) is 16.1. The number of carboxylic acids is 1. The minimum atomic E-state index is -0.800. The van der Waals surface area contributed by atoms with Crippen molar-refractivity contribution in [1.82, 2.24) is 19.6 Å². The Kier molecular flexibility index (Phi) is 9.95. The molecule has 0 radical (unpaired) electrons. The maximum Gasteiger partial charge on any atom is 0.321 e. The van der Waals surface area contributed by atoms with E-state index >= 15 is 0 Å². The summed E-state index contributed by atoms with van der Waals surface area (Å²) in [7, 11) is 1.57. The van der Waals surface area contributed by atoms with Gasteiger partial charge in [-0.1, -0.05) is 39.0 Å². The number of aliphatic carboxylic acids is 1. The summed E-state index contributed by atoms with van der Waals surface area (Å²) in [5, 5.41) is 24.6. The number of methoxy groups -OCH3 is 1. The molecule has 2 aliphatic heterocycles. The lowest BCUT2D eigenvalue weighted by Gasteiger charge is -2.36. The number of aryl methyl sites for hydroxylation is 1. The van der Waals surface area contributed by atoms with Crippen LogP contribution in [0.4, 0.5) is 4.39 Å². The Morgan fingerprint density at radius 3 is 2.53 bits per heavy atom. The van der Waals surface area contributed by atoms with E-state index in [0.717, 1.165) is 55.8 Å². The van der Waals surface area contributed by atoms with Crippen LogP contribution in [0, 0.1) is 28.5 Å². The van der Waals surface area contributed by atoms with Gasteiger partial charge in [0.25, 0.3) is 0 Å². The molecule has 3 aromatic rings. The molecule has 2 aromatic carbocycles. The minimum Gasteiger partial charge on any atom is -0.495 e. The average molecular weight is 616 g/mol. The molecular weight excluding hydrogens is 569 g/mol. The van der Waals surface area contributed by atoms with E-state index in [1.165, 1.54) is 11.8 Å². The third kappa shape index (κ3) is 7.40. The standard InChI is InChI=1S/C36H46FN5O3/c1-6-42-32(19-30(39-42)17-24-10-11-33(45-5)27(16-24)20-38)25-12-14-40(15-13-25)21-28-22-41(34(35(43)44)36(2,3)4)23-31(28)26-8-7-9-29(37)18-26/h7-11,16,18-19,25,28,31,34H,6,12-15,17,21-23H2,1-5H3,(H,43,44)/t28-,31+,34-/m0/s1. The number of hydrogen-bond donors (Lipinski definition) is 1. The maximum absolute atomic E-state index is 14.3. The van der Waals surface area contributed by atoms with E-state index in [9.17, 15) is 19.6 Å². The molecule has 0 aliphatic carbocycles. The van der Waals surface area contributed by atoms with Crippen molar-refractivity contribution < 1.29 is 19.0 Å². The van der Waals surface area contributed by atoms with E-state index in [-0.39, 0.29) is 17.7 Å². The summed E-state index contributed by atoms with van der Waals surface area (Å²) >= 11 is 0. The molecule has 2 aliphatic rings. The zero-order valence-electron chi connectivity index (χ0n) is 27.2. The van der Waals surface area contributed by atoms with Gasteiger partial charge in [-0.25, -0.2) is 4.39 Å². The van der Waals surface area contributed by atoms with Gasteiger partial charge in [0.2, 0.25) is 0 Å². The van der Waals surface area contributed by atoms with E-state index in [2.05, 4.69) is 33.5 Å². The number of nitrogens with zero attached hydrogens (tertiary/aromatic N) is 5. The van der Waals surface area contributed by atoms with Crippen molar-refractivity contribution in [2.75, 3.05) is 39.8 Å². The van der Waals surface area contributed by atoms with Gasteiger partial charge in [-0.3, -0.25) is 14.4 Å². The Balaban J connectivity index is 1.27. The molecule has 0 saturated carbocycles. The van der Waals surface area contributed by atoms with Crippen molar-refractivity contribution in [2.24, 2.45) is 11.3 Å². The molecule has 1 aromatic heterocycles. The zero-order valence-corrected chi connectivity index (χ0v) is 27.2. The van der Waals surface area contributed by atoms with Crippen molar-refractivity contribution >= 4 is 5.97 Å². The molecule has 3 heterocycles. The van der Waals surface area contributed by atoms with Crippen LogP contribution in [0.5, 0.6) is 5.75 Å². The lowest BCUT2D eigenvalue weighted by molar-refractivity contribution is -0.147. The van der Waals surface area contributed by atoms with E-state index in [4.69, 9.17) is 9.84 Å². The number of carbonyl (C=O) groups is 1. The molecule has 0 bridgehead atoms. The highest BCUT2D eigenvalue weighted by molar-refractivity contribution is 5.74. The number of carboxylic acid groups (broad SMARTS) is 1. The Hall–Kier alpha value is -3.74. The fourth-order valence-corrected chi connectivity index (χ4v) is 7.55. The van der Waals surface area contributed by atoms with Gasteiger partial charge < -0.3 is 14.7 Å². The lowest BCUT2D eigenvalue weighted by Crippen LogP contribution is -2.48. The van der Waals surface area contributed by atoms with Crippen LogP contribution >= 0.6 is 0 Å². The number of piperidine rings is 1. The Labute approximate surface area is 266 Å². The summed E-state index contributed by atoms with van der Waals surface area (Å²) in [6.45, 7) is 12.9. The number of benzene rings is 2. The molecule has 240 valence electrons. The van der Waals surface area contributed by atoms with Gasteiger partial charge in [-0.05, 0) is 85.6 Å². The van der Waals surface area contributed by atoms with E-state index in [1.807, 2.05) is 45.0 Å². The molecule has 0 amide bonds. The first-order chi connectivity index (χ1) is 21.5. The van der Waals surface area contributed by atoms with Crippen LogP contribution in [-0.2, 0) is 17.8 Å². The van der Waals surface area contributed by atoms with Gasteiger partial charge in [0.15, 0.2) is 0 Å². The van der Waals surface area contributed by atoms with E-state index in [1.54, 1.807) is 19.2 Å². The van der Waals surface area contributed by atoms with Gasteiger partial charge in [0.05, 0.1) is 18.4 Å². The fraction of sp³-hybridized carbons (Fsp3) is 0.528. The molecule has 0 spiro atoms. The summed E-state index contributed by atoms with van der Waals surface area (Å²) in [5.41, 5.74) is 4.36. The largest absolute Gasteiger partial charge is 0.495 e. The van der Waals surface area contributed by atoms with Crippen molar-refractivity contribution in [3.05, 3.63) is 82.4 Å². The summed E-state index contributed by atoms with van der Waals surface area (Å²) in [5.74, 6) is 0.224. The predicted molar refractivity (Wildman–Crippen MR) is 172 cm³/mol. The topological polar surface area (TPSA) is 94.6 Å². The highest BCUT2D eigenvalue weighted by Crippen LogP contribution is 2.39. The zero-order chi connectivity index (χ0) is 32.3. The Morgan fingerprint density at radius 1 is 1.16 bits per heavy atom. The van der Waals surface area contributed by atoms with Crippen LogP contribution in [-0.4, -0.2) is 76.5 Å². The molecule has 5 rings (SSSR count). The second-order valence-electron chi connectivity index (χ2n) is 13.8. The van der Waals surface area contributed by atoms with Crippen molar-refractivity contribution in [1.29, 1.82) is 5.26 Å². The summed E-state index contributed by atoms with van der Waals surface area (Å²) in [6, 6.07) is 16.4. The number of aromatic nitrogens is 2. The monoisotopic (exact) mass is 615 g/mol. The van der Waals surface area contributed by atoms with Crippen LogP contribution in [0.15, 0.2) is 48.5 Å². The first kappa shape index (κ1) is 32.6. The number of likely N-dealkylation sites (tertiary alicyclic amines) is 2. The van der Waals surface area contributed by atoms with Gasteiger partial charge in [-0.15, -0.1) is 0 Å². The van der Waals surface area contributed by atoms with E-state index < -0.39 is 17.4 Å². The van der Waals surface area contributed by atoms with Crippen LogP contribution < -0.4 is 4.74 Å². The van der Waals surface area contributed by atoms with Crippen molar-refractivity contribution in [2.45, 2.75) is 71.4 Å². The first-order valence-corrected chi connectivity index (χ1v) is 16.1. The number of rotatable bonds is 10. The quantitative estimate of drug-likeness (QED) is 0.303. The maximum atomic E-state index is 14.3. The second-order valence-corrected chi connectivity index (χ2v) is 13.8. The minimum absolute atomic E-state index is 0.0752. The third-order valence-corrected chi connectivity index (χ3v) is 9.59. The molecule has 8 nitrogen and oxygen atoms in total. The SMILES string of the molecule is CCn1nc(Cc2ccc(OC)c(C#N)c2)cc1C1CCN(C[C@H]2CN([C@@H](C(=O)O)C(C)(C)C)C[C@@H]2c2cccc(F)c2)CC1. The summed E-state index contributed by atoms with van der Waals surface area (Å²) in [6.07, 6.45) is 2.70. The number of nitriles is 1. The second kappa shape index (κ2) is 13.7. The van der Waals surface area contributed by atoms with Gasteiger partial charge in [-0.2, -0.15) is 10.4 Å². The molecule has 2 saturated heterocycles. The van der Waals surface area contributed by atoms with Crippen molar-refractivity contribution in [3.63, 3.8) is 0 Å². The highest BCUT2D eigenvalue weighted by atomic mass is 19.1.